The van der Waals surface area contributed by atoms with Gasteiger partial charge in [-0.25, -0.2) is 4.79 Å². The Hall–Kier alpha value is -2.77. The van der Waals surface area contributed by atoms with Crippen molar-refractivity contribution in [1.29, 1.82) is 0 Å². The molecule has 0 atom stereocenters. The largest absolute Gasteiger partial charge is 0.492 e. The maximum atomic E-state index is 11.7. The molecular weight excluding hydrogens is 302 g/mol. The van der Waals surface area contributed by atoms with Gasteiger partial charge in [0.25, 0.3) is 0 Å². The van der Waals surface area contributed by atoms with Crippen LogP contribution < -0.4 is 15.4 Å². The molecule has 0 spiro atoms. The van der Waals surface area contributed by atoms with Gasteiger partial charge in [-0.1, -0.05) is 6.07 Å². The number of rotatable bonds is 8. The van der Waals surface area contributed by atoms with E-state index in [1.807, 2.05) is 0 Å². The average Bonchev–Trinajstić information content (AvgIpc) is 2.48. The number of anilines is 1. The zero-order chi connectivity index (χ0) is 17.2. The fourth-order valence-corrected chi connectivity index (χ4v) is 1.69. The summed E-state index contributed by atoms with van der Waals surface area (Å²) in [5.74, 6) is -0.546. The highest BCUT2D eigenvalue weighted by molar-refractivity contribution is 5.88. The molecule has 1 aromatic carbocycles. The van der Waals surface area contributed by atoms with Crippen molar-refractivity contribution in [3.05, 3.63) is 24.3 Å². The first kappa shape index (κ1) is 18.3. The number of aliphatic carboxylic acids is 1. The minimum atomic E-state index is -0.952. The smallest absolute Gasteiger partial charge is 0.317 e. The summed E-state index contributed by atoms with van der Waals surface area (Å²) in [6.07, 6.45) is -0.101. The Balaban J connectivity index is 2.30. The molecule has 8 nitrogen and oxygen atoms in total. The number of ether oxygens (including phenoxy) is 1. The van der Waals surface area contributed by atoms with Crippen LogP contribution in [0.1, 0.15) is 13.3 Å². The third-order valence-electron chi connectivity index (χ3n) is 2.81. The van der Waals surface area contributed by atoms with E-state index in [1.54, 1.807) is 24.3 Å². The molecule has 0 fully saturated rings. The van der Waals surface area contributed by atoms with Crippen LogP contribution in [0.2, 0.25) is 0 Å². The lowest BCUT2D eigenvalue weighted by Gasteiger charge is -2.17. The van der Waals surface area contributed by atoms with E-state index in [4.69, 9.17) is 9.84 Å². The van der Waals surface area contributed by atoms with Gasteiger partial charge in [-0.3, -0.25) is 9.59 Å². The number of benzene rings is 1. The molecule has 0 aliphatic heterocycles. The summed E-state index contributed by atoms with van der Waals surface area (Å²) < 4.78 is 5.48. The number of hydrogen-bond donors (Lipinski definition) is 3. The van der Waals surface area contributed by atoms with E-state index in [9.17, 15) is 14.4 Å². The molecule has 3 amide bonds. The van der Waals surface area contributed by atoms with E-state index in [1.165, 1.54) is 18.9 Å². The Kier molecular flexibility index (Phi) is 7.38. The number of hydrogen-bond acceptors (Lipinski definition) is 4. The second kappa shape index (κ2) is 9.29. The molecule has 0 heterocycles. The van der Waals surface area contributed by atoms with Gasteiger partial charge < -0.3 is 25.4 Å². The van der Waals surface area contributed by atoms with Crippen LogP contribution in [0.15, 0.2) is 24.3 Å². The molecular formula is C15H21N3O5. The van der Waals surface area contributed by atoms with E-state index in [-0.39, 0.29) is 38.1 Å². The van der Waals surface area contributed by atoms with Crippen molar-refractivity contribution in [1.82, 2.24) is 10.2 Å². The number of carbonyl (C=O) groups is 3. The van der Waals surface area contributed by atoms with Crippen LogP contribution in [0.3, 0.4) is 0 Å². The molecule has 0 bridgehead atoms. The monoisotopic (exact) mass is 323 g/mol. The van der Waals surface area contributed by atoms with Crippen LogP contribution in [0.4, 0.5) is 10.5 Å². The highest BCUT2D eigenvalue weighted by Crippen LogP contribution is 2.16. The van der Waals surface area contributed by atoms with Gasteiger partial charge in [0.1, 0.15) is 12.4 Å². The maximum Gasteiger partial charge on any atom is 0.317 e. The Morgan fingerprint density at radius 3 is 2.70 bits per heavy atom. The summed E-state index contributed by atoms with van der Waals surface area (Å²) in [6, 6.07) is 6.56. The Bertz CT molecular complexity index is 562. The van der Waals surface area contributed by atoms with Crippen molar-refractivity contribution < 1.29 is 24.2 Å². The molecule has 0 aliphatic rings. The van der Waals surface area contributed by atoms with Crippen molar-refractivity contribution in [2.75, 3.05) is 32.1 Å². The van der Waals surface area contributed by atoms with Gasteiger partial charge in [-0.2, -0.15) is 0 Å². The topological polar surface area (TPSA) is 108 Å². The lowest BCUT2D eigenvalue weighted by molar-refractivity contribution is -0.137. The van der Waals surface area contributed by atoms with Crippen molar-refractivity contribution in [3.8, 4) is 5.75 Å². The first-order valence-electron chi connectivity index (χ1n) is 7.09. The first-order valence-corrected chi connectivity index (χ1v) is 7.09. The van der Waals surface area contributed by atoms with E-state index >= 15 is 0 Å². The molecule has 0 radical (unpaired) electrons. The van der Waals surface area contributed by atoms with Crippen molar-refractivity contribution in [3.63, 3.8) is 0 Å². The van der Waals surface area contributed by atoms with Crippen molar-refractivity contribution in [2.45, 2.75) is 13.3 Å². The van der Waals surface area contributed by atoms with Gasteiger partial charge in [0.2, 0.25) is 5.91 Å². The predicted octanol–water partition coefficient (Wildman–Crippen LogP) is 1.14. The van der Waals surface area contributed by atoms with Crippen LogP contribution in [-0.4, -0.2) is 54.7 Å². The van der Waals surface area contributed by atoms with E-state index in [2.05, 4.69) is 10.6 Å². The molecule has 0 aliphatic carbocycles. The second-order valence-corrected chi connectivity index (χ2v) is 4.85. The van der Waals surface area contributed by atoms with Gasteiger partial charge in [0, 0.05) is 32.3 Å². The highest BCUT2D eigenvalue weighted by Gasteiger charge is 2.09. The zero-order valence-electron chi connectivity index (χ0n) is 13.2. The number of carboxylic acids is 1. The standard InChI is InChI=1S/C15H21N3O5/c1-11(19)17-12-4-3-5-13(10-12)23-9-7-16-15(22)18(2)8-6-14(20)21/h3-5,10H,6-9H2,1-2H3,(H,16,22)(H,17,19)(H,20,21). The number of carboxylic acid groups (broad SMARTS) is 1. The fraction of sp³-hybridized carbons (Fsp3) is 0.400. The Morgan fingerprint density at radius 2 is 2.04 bits per heavy atom. The number of urea groups is 1. The summed E-state index contributed by atoms with van der Waals surface area (Å²) in [5, 5.41) is 13.8. The van der Waals surface area contributed by atoms with Crippen LogP contribution in [0, 0.1) is 0 Å². The highest BCUT2D eigenvalue weighted by atomic mass is 16.5. The summed E-state index contributed by atoms with van der Waals surface area (Å²) >= 11 is 0. The first-order chi connectivity index (χ1) is 10.9. The lowest BCUT2D eigenvalue weighted by Crippen LogP contribution is -2.40. The third-order valence-corrected chi connectivity index (χ3v) is 2.81. The van der Waals surface area contributed by atoms with Gasteiger partial charge in [-0.15, -0.1) is 0 Å². The van der Waals surface area contributed by atoms with Gasteiger partial charge in [0.15, 0.2) is 0 Å². The van der Waals surface area contributed by atoms with Gasteiger partial charge in [0.05, 0.1) is 13.0 Å². The molecule has 0 saturated carbocycles. The van der Waals surface area contributed by atoms with E-state index in [0.29, 0.717) is 11.4 Å². The normalized spacial score (nSPS) is 9.83. The molecule has 3 N–H and O–H groups in total. The van der Waals surface area contributed by atoms with E-state index in [0.717, 1.165) is 0 Å². The molecule has 0 unspecified atom stereocenters. The number of nitrogens with one attached hydrogen (secondary N) is 2. The van der Waals surface area contributed by atoms with E-state index < -0.39 is 5.97 Å². The minimum absolute atomic E-state index is 0.101. The van der Waals surface area contributed by atoms with Gasteiger partial charge >= 0.3 is 12.0 Å². The summed E-state index contributed by atoms with van der Waals surface area (Å²) in [5.41, 5.74) is 0.632. The molecule has 126 valence electrons. The number of amides is 3. The summed E-state index contributed by atoms with van der Waals surface area (Å²) in [6.45, 7) is 2.09. The predicted molar refractivity (Wildman–Crippen MR) is 84.5 cm³/mol. The molecule has 0 aromatic heterocycles. The molecule has 1 aromatic rings. The molecule has 0 saturated heterocycles. The van der Waals surface area contributed by atoms with Gasteiger partial charge in [-0.05, 0) is 12.1 Å². The van der Waals surface area contributed by atoms with Crippen LogP contribution >= 0.6 is 0 Å². The molecule has 1 rings (SSSR count). The zero-order valence-corrected chi connectivity index (χ0v) is 13.2. The lowest BCUT2D eigenvalue weighted by atomic mass is 10.3. The van der Waals surface area contributed by atoms with Crippen LogP contribution in [0.5, 0.6) is 5.75 Å². The second-order valence-electron chi connectivity index (χ2n) is 4.85. The average molecular weight is 323 g/mol. The Morgan fingerprint density at radius 1 is 1.30 bits per heavy atom. The SMILES string of the molecule is CC(=O)Nc1cccc(OCCNC(=O)N(C)CCC(=O)O)c1. The van der Waals surface area contributed by atoms with Crippen molar-refractivity contribution in [2.24, 2.45) is 0 Å². The fourth-order valence-electron chi connectivity index (χ4n) is 1.69. The molecule has 8 heteroatoms. The quantitative estimate of drug-likeness (QED) is 0.622. The maximum absolute atomic E-state index is 11.7. The summed E-state index contributed by atoms with van der Waals surface area (Å²) in [4.78, 5) is 34.4. The van der Waals surface area contributed by atoms with Crippen LogP contribution in [-0.2, 0) is 9.59 Å². The van der Waals surface area contributed by atoms with Crippen molar-refractivity contribution >= 4 is 23.6 Å². The minimum Gasteiger partial charge on any atom is -0.492 e. The van der Waals surface area contributed by atoms with Crippen LogP contribution in [0.25, 0.3) is 0 Å². The third kappa shape index (κ3) is 7.70. The number of nitrogens with zero attached hydrogens (tertiary/aromatic N) is 1. The Labute approximate surface area is 134 Å². The number of carbonyl (C=O) groups excluding carboxylic acids is 2. The molecule has 23 heavy (non-hydrogen) atoms. The summed E-state index contributed by atoms with van der Waals surface area (Å²) in [7, 11) is 1.52.